The lowest BCUT2D eigenvalue weighted by Crippen LogP contribution is -2.41. The van der Waals surface area contributed by atoms with Crippen molar-refractivity contribution in [3.63, 3.8) is 0 Å². The first kappa shape index (κ1) is 8.48. The van der Waals surface area contributed by atoms with Crippen LogP contribution < -0.4 is 11.5 Å². The van der Waals surface area contributed by atoms with Gasteiger partial charge in [0, 0.05) is 6.54 Å². The van der Waals surface area contributed by atoms with Crippen molar-refractivity contribution in [3.8, 4) is 0 Å². The van der Waals surface area contributed by atoms with Gasteiger partial charge in [0.05, 0.1) is 12.6 Å². The van der Waals surface area contributed by atoms with Crippen LogP contribution in [0.15, 0.2) is 5.18 Å². The molecular formula is C4H11N3O2. The topological polar surface area (TPSA) is 102 Å². The molecule has 9 heavy (non-hydrogen) atoms. The highest BCUT2D eigenvalue weighted by Crippen LogP contribution is 1.91. The third-order valence-electron chi connectivity index (χ3n) is 1.08. The molecule has 0 rings (SSSR count). The van der Waals surface area contributed by atoms with Crippen molar-refractivity contribution < 1.29 is 5.11 Å². The zero-order valence-electron chi connectivity index (χ0n) is 5.03. The molecule has 0 bridgehead atoms. The number of hydrogen-bond donors (Lipinski definition) is 3. The maximum Gasteiger partial charge on any atom is 0.121 e. The van der Waals surface area contributed by atoms with Crippen molar-refractivity contribution in [1.82, 2.24) is 0 Å². The van der Waals surface area contributed by atoms with Crippen LogP contribution in [0.5, 0.6) is 0 Å². The van der Waals surface area contributed by atoms with Crippen LogP contribution in [0.25, 0.3) is 0 Å². The van der Waals surface area contributed by atoms with E-state index in [4.69, 9.17) is 16.6 Å². The number of nitrogens with two attached hydrogens (primary N) is 2. The number of nitroso groups, excluding NO2 is 1. The first-order chi connectivity index (χ1) is 4.26. The van der Waals surface area contributed by atoms with Crippen LogP contribution in [0, 0.1) is 4.91 Å². The van der Waals surface area contributed by atoms with Gasteiger partial charge >= 0.3 is 0 Å². The van der Waals surface area contributed by atoms with Gasteiger partial charge in [-0.25, -0.2) is 0 Å². The maximum atomic E-state index is 9.82. The van der Waals surface area contributed by atoms with Crippen molar-refractivity contribution in [2.24, 2.45) is 16.6 Å². The SMILES string of the molecule is NCC(N=O)C(N)CO. The Kier molecular flexibility index (Phi) is 4.12. The van der Waals surface area contributed by atoms with Crippen molar-refractivity contribution in [3.05, 3.63) is 4.91 Å². The number of nitrogens with zero attached hydrogens (tertiary/aromatic N) is 1. The van der Waals surface area contributed by atoms with Crippen molar-refractivity contribution >= 4 is 0 Å². The first-order valence-electron chi connectivity index (χ1n) is 2.65. The summed E-state index contributed by atoms with van der Waals surface area (Å²) in [6, 6.07) is -1.28. The third kappa shape index (κ3) is 2.50. The average Bonchev–Trinajstić information content (AvgIpc) is 1.90. The summed E-state index contributed by atoms with van der Waals surface area (Å²) < 4.78 is 0. The molecule has 0 aliphatic rings. The molecule has 5 heteroatoms. The molecule has 0 aromatic carbocycles. The standard InChI is InChI=1S/C4H11N3O2/c5-1-4(7-9)3(6)2-8/h3-4,8H,1-2,5-6H2. The fourth-order valence-electron chi connectivity index (χ4n) is 0.418. The van der Waals surface area contributed by atoms with Crippen molar-refractivity contribution in [1.29, 1.82) is 0 Å². The summed E-state index contributed by atoms with van der Waals surface area (Å²) in [4.78, 5) is 9.82. The monoisotopic (exact) mass is 133 g/mol. The predicted octanol–water partition coefficient (Wildman–Crippen LogP) is -1.60. The van der Waals surface area contributed by atoms with Crippen molar-refractivity contribution in [2.45, 2.75) is 12.1 Å². The van der Waals surface area contributed by atoms with E-state index in [2.05, 4.69) is 5.18 Å². The molecule has 0 aromatic rings. The minimum Gasteiger partial charge on any atom is -0.395 e. The number of hydrogen-bond acceptors (Lipinski definition) is 5. The Balaban J connectivity index is 3.63. The molecular weight excluding hydrogens is 122 g/mol. The van der Waals surface area contributed by atoms with Gasteiger partial charge in [0.2, 0.25) is 0 Å². The van der Waals surface area contributed by atoms with E-state index in [0.29, 0.717) is 0 Å². The highest BCUT2D eigenvalue weighted by Gasteiger charge is 2.14. The van der Waals surface area contributed by atoms with Crippen molar-refractivity contribution in [2.75, 3.05) is 13.2 Å². The van der Waals surface area contributed by atoms with E-state index >= 15 is 0 Å². The van der Waals surface area contributed by atoms with Gasteiger partial charge in [0.1, 0.15) is 6.04 Å². The fraction of sp³-hybridized carbons (Fsp3) is 1.00. The van der Waals surface area contributed by atoms with E-state index in [-0.39, 0.29) is 13.2 Å². The molecule has 2 atom stereocenters. The third-order valence-corrected chi connectivity index (χ3v) is 1.08. The molecule has 54 valence electrons. The van der Waals surface area contributed by atoms with Gasteiger partial charge in [-0.2, -0.15) is 4.91 Å². The van der Waals surface area contributed by atoms with Gasteiger partial charge in [-0.15, -0.1) is 0 Å². The first-order valence-corrected chi connectivity index (χ1v) is 2.65. The molecule has 0 radical (unpaired) electrons. The van der Waals surface area contributed by atoms with E-state index < -0.39 is 12.1 Å². The zero-order valence-corrected chi connectivity index (χ0v) is 5.03. The Morgan fingerprint density at radius 2 is 2.22 bits per heavy atom. The molecule has 0 saturated carbocycles. The highest BCUT2D eigenvalue weighted by atomic mass is 16.3. The summed E-state index contributed by atoms with van der Waals surface area (Å²) >= 11 is 0. The lowest BCUT2D eigenvalue weighted by molar-refractivity contribution is 0.250. The average molecular weight is 133 g/mol. The van der Waals surface area contributed by atoms with E-state index in [1.165, 1.54) is 0 Å². The Morgan fingerprint density at radius 3 is 2.33 bits per heavy atom. The molecule has 2 unspecified atom stereocenters. The summed E-state index contributed by atoms with van der Waals surface area (Å²) in [7, 11) is 0. The molecule has 0 spiro atoms. The van der Waals surface area contributed by atoms with Gasteiger partial charge in [-0.3, -0.25) is 0 Å². The fourth-order valence-corrected chi connectivity index (χ4v) is 0.418. The van der Waals surface area contributed by atoms with E-state index in [1.54, 1.807) is 0 Å². The summed E-state index contributed by atoms with van der Waals surface area (Å²) in [5.41, 5.74) is 10.3. The lowest BCUT2D eigenvalue weighted by Gasteiger charge is -2.11. The quantitative estimate of drug-likeness (QED) is 0.402. The highest BCUT2D eigenvalue weighted by molar-refractivity contribution is 4.78. The predicted molar refractivity (Wildman–Crippen MR) is 33.7 cm³/mol. The van der Waals surface area contributed by atoms with E-state index in [0.717, 1.165) is 0 Å². The number of aliphatic hydroxyl groups excluding tert-OH is 1. The smallest absolute Gasteiger partial charge is 0.121 e. The van der Waals surface area contributed by atoms with E-state index in [9.17, 15) is 4.91 Å². The number of aliphatic hydroxyl groups is 1. The minimum absolute atomic E-state index is 0.0885. The van der Waals surface area contributed by atoms with Crippen LogP contribution in [-0.4, -0.2) is 30.3 Å². The minimum atomic E-state index is -0.657. The van der Waals surface area contributed by atoms with Crippen LogP contribution in [-0.2, 0) is 0 Å². The molecule has 5 nitrogen and oxygen atoms in total. The Hall–Kier alpha value is -0.520. The summed E-state index contributed by atoms with van der Waals surface area (Å²) in [6.07, 6.45) is 0. The van der Waals surface area contributed by atoms with Gasteiger partial charge in [0.25, 0.3) is 0 Å². The molecule has 0 aliphatic heterocycles. The second kappa shape index (κ2) is 4.37. The van der Waals surface area contributed by atoms with Crippen LogP contribution in [0.4, 0.5) is 0 Å². The van der Waals surface area contributed by atoms with Gasteiger partial charge < -0.3 is 16.6 Å². The normalized spacial score (nSPS) is 16.8. The Bertz CT molecular complexity index is 87.9. The maximum absolute atomic E-state index is 9.82. The Morgan fingerprint density at radius 1 is 1.67 bits per heavy atom. The van der Waals surface area contributed by atoms with E-state index in [1.807, 2.05) is 0 Å². The second-order valence-electron chi connectivity index (χ2n) is 1.75. The van der Waals surface area contributed by atoms with Gasteiger partial charge in [-0.05, 0) is 0 Å². The van der Waals surface area contributed by atoms with Crippen LogP contribution in [0.3, 0.4) is 0 Å². The van der Waals surface area contributed by atoms with Crippen LogP contribution in [0.2, 0.25) is 0 Å². The molecule has 0 aromatic heterocycles. The summed E-state index contributed by atoms with van der Waals surface area (Å²) in [5, 5.41) is 11.0. The van der Waals surface area contributed by atoms with Crippen LogP contribution >= 0.6 is 0 Å². The molecule has 0 heterocycles. The van der Waals surface area contributed by atoms with Gasteiger partial charge in [0.15, 0.2) is 0 Å². The Labute approximate surface area is 53.0 Å². The lowest BCUT2D eigenvalue weighted by atomic mass is 10.1. The zero-order chi connectivity index (χ0) is 7.28. The molecule has 0 saturated heterocycles. The molecule has 0 aliphatic carbocycles. The molecule has 5 N–H and O–H groups in total. The van der Waals surface area contributed by atoms with Gasteiger partial charge in [-0.1, -0.05) is 5.18 Å². The van der Waals surface area contributed by atoms with Crippen LogP contribution in [0.1, 0.15) is 0 Å². The number of rotatable bonds is 4. The summed E-state index contributed by atoms with van der Waals surface area (Å²) in [5.74, 6) is 0. The summed E-state index contributed by atoms with van der Waals surface area (Å²) in [6.45, 7) is -0.168. The molecule has 0 amide bonds. The second-order valence-corrected chi connectivity index (χ2v) is 1.75. The largest absolute Gasteiger partial charge is 0.395 e. The molecule has 0 fully saturated rings.